The molecule has 5 heteroatoms. The van der Waals surface area contributed by atoms with Gasteiger partial charge in [-0.25, -0.2) is 0 Å². The van der Waals surface area contributed by atoms with Crippen LogP contribution in [0, 0.1) is 5.92 Å². The van der Waals surface area contributed by atoms with Gasteiger partial charge in [-0.15, -0.1) is 0 Å². The van der Waals surface area contributed by atoms with E-state index < -0.39 is 11.6 Å². The summed E-state index contributed by atoms with van der Waals surface area (Å²) in [6, 6.07) is -0.512. The monoisotopic (exact) mass is 256 g/mol. The number of carbonyl (C=O) groups is 2. The zero-order valence-corrected chi connectivity index (χ0v) is 11.7. The topological polar surface area (TPSA) is 72.6 Å². The van der Waals surface area contributed by atoms with Crippen LogP contribution in [0.15, 0.2) is 0 Å². The standard InChI is InChI=1S/C13H24N2O3/c1-9(14)11(16)15-7-5-6-10(8-15)12(17)18-13(2,3)4/h9-10H,5-8,14H2,1-4H3. The second-order valence-electron chi connectivity index (χ2n) is 5.95. The van der Waals surface area contributed by atoms with Gasteiger partial charge in [-0.2, -0.15) is 0 Å². The molecule has 104 valence electrons. The van der Waals surface area contributed by atoms with Crippen molar-refractivity contribution in [3.8, 4) is 0 Å². The van der Waals surface area contributed by atoms with Crippen LogP contribution in [0.25, 0.3) is 0 Å². The molecule has 2 unspecified atom stereocenters. The van der Waals surface area contributed by atoms with Crippen LogP contribution in [-0.2, 0) is 14.3 Å². The number of amides is 1. The van der Waals surface area contributed by atoms with Crippen LogP contribution in [0.5, 0.6) is 0 Å². The van der Waals surface area contributed by atoms with Crippen LogP contribution >= 0.6 is 0 Å². The number of hydrogen-bond acceptors (Lipinski definition) is 4. The smallest absolute Gasteiger partial charge is 0.311 e. The van der Waals surface area contributed by atoms with Gasteiger partial charge in [0.25, 0.3) is 0 Å². The zero-order chi connectivity index (χ0) is 13.9. The second-order valence-corrected chi connectivity index (χ2v) is 5.95. The molecule has 2 atom stereocenters. The number of likely N-dealkylation sites (tertiary alicyclic amines) is 1. The predicted molar refractivity (Wildman–Crippen MR) is 68.8 cm³/mol. The van der Waals surface area contributed by atoms with Crippen LogP contribution in [-0.4, -0.2) is 41.5 Å². The van der Waals surface area contributed by atoms with Crippen molar-refractivity contribution in [3.05, 3.63) is 0 Å². The fourth-order valence-electron chi connectivity index (χ4n) is 2.04. The number of carbonyl (C=O) groups excluding carboxylic acids is 2. The SMILES string of the molecule is CC(N)C(=O)N1CCCC(C(=O)OC(C)(C)C)C1. The van der Waals surface area contributed by atoms with Gasteiger partial charge in [0.05, 0.1) is 12.0 Å². The Balaban J connectivity index is 2.59. The Morgan fingerprint density at radius 3 is 2.50 bits per heavy atom. The largest absolute Gasteiger partial charge is 0.460 e. The van der Waals surface area contributed by atoms with E-state index in [0.29, 0.717) is 13.1 Å². The number of nitrogens with two attached hydrogens (primary N) is 1. The molecule has 2 N–H and O–H groups in total. The number of nitrogens with zero attached hydrogens (tertiary/aromatic N) is 1. The summed E-state index contributed by atoms with van der Waals surface area (Å²) in [5, 5.41) is 0. The van der Waals surface area contributed by atoms with E-state index in [2.05, 4.69) is 0 Å². The van der Waals surface area contributed by atoms with Gasteiger partial charge < -0.3 is 15.4 Å². The molecular weight excluding hydrogens is 232 g/mol. The Morgan fingerprint density at radius 1 is 1.39 bits per heavy atom. The minimum Gasteiger partial charge on any atom is -0.460 e. The van der Waals surface area contributed by atoms with E-state index in [0.717, 1.165) is 12.8 Å². The molecule has 5 nitrogen and oxygen atoms in total. The maximum absolute atomic E-state index is 12.0. The molecule has 1 saturated heterocycles. The van der Waals surface area contributed by atoms with E-state index in [-0.39, 0.29) is 17.8 Å². The second kappa shape index (κ2) is 5.69. The molecule has 0 saturated carbocycles. The molecule has 1 aliphatic rings. The highest BCUT2D eigenvalue weighted by Crippen LogP contribution is 2.21. The summed E-state index contributed by atoms with van der Waals surface area (Å²) in [5.41, 5.74) is 5.10. The van der Waals surface area contributed by atoms with Crippen LogP contribution in [0.3, 0.4) is 0 Å². The van der Waals surface area contributed by atoms with Crippen molar-refractivity contribution in [1.29, 1.82) is 0 Å². The first-order valence-electron chi connectivity index (χ1n) is 6.48. The Labute approximate surface area is 109 Å². The molecule has 1 heterocycles. The van der Waals surface area contributed by atoms with Gasteiger partial charge >= 0.3 is 5.97 Å². The van der Waals surface area contributed by atoms with Crippen molar-refractivity contribution in [2.75, 3.05) is 13.1 Å². The summed E-state index contributed by atoms with van der Waals surface area (Å²) in [6.07, 6.45) is 1.60. The molecule has 0 radical (unpaired) electrons. The first-order chi connectivity index (χ1) is 8.20. The van der Waals surface area contributed by atoms with Crippen LogP contribution in [0.1, 0.15) is 40.5 Å². The summed E-state index contributed by atoms with van der Waals surface area (Å²) in [5.74, 6) is -0.534. The number of esters is 1. The van der Waals surface area contributed by atoms with Crippen molar-refractivity contribution in [2.45, 2.75) is 52.2 Å². The van der Waals surface area contributed by atoms with Crippen molar-refractivity contribution in [2.24, 2.45) is 11.7 Å². The first kappa shape index (κ1) is 15.0. The van der Waals surface area contributed by atoms with Gasteiger partial charge in [-0.1, -0.05) is 0 Å². The molecule has 0 aliphatic carbocycles. The summed E-state index contributed by atoms with van der Waals surface area (Å²) in [7, 11) is 0. The predicted octanol–water partition coefficient (Wildman–Crippen LogP) is 0.914. The highest BCUT2D eigenvalue weighted by atomic mass is 16.6. The van der Waals surface area contributed by atoms with Crippen LogP contribution in [0.2, 0.25) is 0 Å². The Bertz CT molecular complexity index is 321. The number of hydrogen-bond donors (Lipinski definition) is 1. The van der Waals surface area contributed by atoms with E-state index in [4.69, 9.17) is 10.5 Å². The third-order valence-corrected chi connectivity index (χ3v) is 2.86. The van der Waals surface area contributed by atoms with Gasteiger partial charge in [0, 0.05) is 13.1 Å². The molecule has 1 rings (SSSR count). The van der Waals surface area contributed by atoms with E-state index in [1.165, 1.54) is 0 Å². The van der Waals surface area contributed by atoms with Crippen molar-refractivity contribution in [3.63, 3.8) is 0 Å². The van der Waals surface area contributed by atoms with E-state index in [9.17, 15) is 9.59 Å². The molecule has 1 aliphatic heterocycles. The summed E-state index contributed by atoms with van der Waals surface area (Å²) in [6.45, 7) is 8.31. The molecule has 18 heavy (non-hydrogen) atoms. The molecular formula is C13H24N2O3. The van der Waals surface area contributed by atoms with Gasteiger partial charge in [0.2, 0.25) is 5.91 Å². The molecule has 1 amide bonds. The van der Waals surface area contributed by atoms with Gasteiger partial charge in [0.15, 0.2) is 0 Å². The maximum Gasteiger partial charge on any atom is 0.311 e. The van der Waals surface area contributed by atoms with Crippen molar-refractivity contribution >= 4 is 11.9 Å². The highest BCUT2D eigenvalue weighted by Gasteiger charge is 2.32. The molecule has 0 aromatic heterocycles. The zero-order valence-electron chi connectivity index (χ0n) is 11.7. The van der Waals surface area contributed by atoms with Crippen molar-refractivity contribution in [1.82, 2.24) is 4.90 Å². The summed E-state index contributed by atoms with van der Waals surface area (Å²) in [4.78, 5) is 25.4. The van der Waals surface area contributed by atoms with Crippen LogP contribution in [0.4, 0.5) is 0 Å². The molecule has 0 spiro atoms. The number of ether oxygens (including phenoxy) is 1. The van der Waals surface area contributed by atoms with Gasteiger partial charge in [-0.05, 0) is 40.5 Å². The first-order valence-corrected chi connectivity index (χ1v) is 6.48. The molecule has 0 aromatic carbocycles. The molecule has 1 fully saturated rings. The Morgan fingerprint density at radius 2 is 2.00 bits per heavy atom. The summed E-state index contributed by atoms with van der Waals surface area (Å²) >= 11 is 0. The lowest BCUT2D eigenvalue weighted by molar-refractivity contribution is -0.162. The maximum atomic E-state index is 12.0. The lowest BCUT2D eigenvalue weighted by Crippen LogP contribution is -2.48. The lowest BCUT2D eigenvalue weighted by Gasteiger charge is -2.34. The third-order valence-electron chi connectivity index (χ3n) is 2.86. The molecule has 0 bridgehead atoms. The fraction of sp³-hybridized carbons (Fsp3) is 0.846. The fourth-order valence-corrected chi connectivity index (χ4v) is 2.04. The molecule has 0 aromatic rings. The summed E-state index contributed by atoms with van der Waals surface area (Å²) < 4.78 is 5.36. The van der Waals surface area contributed by atoms with E-state index in [1.807, 2.05) is 20.8 Å². The highest BCUT2D eigenvalue weighted by molar-refractivity contribution is 5.82. The lowest BCUT2D eigenvalue weighted by atomic mass is 9.97. The van der Waals surface area contributed by atoms with Crippen LogP contribution < -0.4 is 5.73 Å². The Hall–Kier alpha value is -1.10. The average molecular weight is 256 g/mol. The average Bonchev–Trinajstić information content (AvgIpc) is 2.25. The quantitative estimate of drug-likeness (QED) is 0.745. The number of rotatable bonds is 2. The minimum absolute atomic E-state index is 0.0942. The third kappa shape index (κ3) is 4.29. The van der Waals surface area contributed by atoms with Gasteiger partial charge in [0.1, 0.15) is 5.60 Å². The van der Waals surface area contributed by atoms with E-state index >= 15 is 0 Å². The Kier molecular flexibility index (Phi) is 4.73. The minimum atomic E-state index is -0.512. The normalized spacial score (nSPS) is 22.5. The van der Waals surface area contributed by atoms with E-state index in [1.54, 1.807) is 11.8 Å². The van der Waals surface area contributed by atoms with Crippen molar-refractivity contribution < 1.29 is 14.3 Å². The van der Waals surface area contributed by atoms with Gasteiger partial charge in [-0.3, -0.25) is 9.59 Å². The number of piperidine rings is 1.